The number of esters is 1. The maximum absolute atomic E-state index is 12.2. The number of ether oxygens (including phenoxy) is 2. The normalized spacial score (nSPS) is 11.5. The molecule has 2 aromatic carbocycles. The molecule has 0 aromatic heterocycles. The Morgan fingerprint density at radius 1 is 1.12 bits per heavy atom. The predicted octanol–water partition coefficient (Wildman–Crippen LogP) is 3.88. The molecule has 0 aliphatic rings. The van der Waals surface area contributed by atoms with E-state index in [1.54, 1.807) is 31.2 Å². The Bertz CT molecular complexity index is 748. The Hall–Kier alpha value is -2.34. The molecule has 1 N–H and O–H groups in total. The maximum Gasteiger partial charge on any atom is 0.341 e. The number of carbonyl (C=O) groups excluding carboxylic acids is 2. The van der Waals surface area contributed by atoms with Gasteiger partial charge in [-0.25, -0.2) is 4.79 Å². The number of benzene rings is 2. The van der Waals surface area contributed by atoms with Crippen LogP contribution in [0.3, 0.4) is 0 Å². The molecule has 25 heavy (non-hydrogen) atoms. The summed E-state index contributed by atoms with van der Waals surface area (Å²) in [6, 6.07) is 14.2. The van der Waals surface area contributed by atoms with Gasteiger partial charge in [-0.3, -0.25) is 4.79 Å². The monoisotopic (exact) mass is 405 g/mol. The van der Waals surface area contributed by atoms with Crippen molar-refractivity contribution >= 4 is 27.8 Å². The van der Waals surface area contributed by atoms with Crippen molar-refractivity contribution in [2.75, 3.05) is 13.2 Å². The fourth-order valence-electron chi connectivity index (χ4n) is 2.30. The van der Waals surface area contributed by atoms with Gasteiger partial charge in [0.05, 0.1) is 12.6 Å². The number of halogens is 1. The molecule has 0 radical (unpaired) electrons. The molecule has 132 valence electrons. The molecule has 2 rings (SSSR count). The summed E-state index contributed by atoms with van der Waals surface area (Å²) >= 11 is 3.47. The first-order chi connectivity index (χ1) is 12.0. The molecule has 0 saturated heterocycles. The number of nitrogens with one attached hydrogen (secondary N) is 1. The van der Waals surface area contributed by atoms with Crippen LogP contribution in [0.5, 0.6) is 5.75 Å². The Labute approximate surface area is 155 Å². The van der Waals surface area contributed by atoms with E-state index in [1.807, 2.05) is 31.2 Å². The highest BCUT2D eigenvalue weighted by molar-refractivity contribution is 9.10. The molecule has 0 heterocycles. The van der Waals surface area contributed by atoms with Crippen molar-refractivity contribution in [2.24, 2.45) is 0 Å². The van der Waals surface area contributed by atoms with E-state index in [0.29, 0.717) is 11.3 Å². The van der Waals surface area contributed by atoms with Gasteiger partial charge in [-0.1, -0.05) is 46.3 Å². The van der Waals surface area contributed by atoms with Gasteiger partial charge in [0.25, 0.3) is 5.91 Å². The van der Waals surface area contributed by atoms with E-state index >= 15 is 0 Å². The molecule has 6 heteroatoms. The molecule has 1 atom stereocenters. The van der Waals surface area contributed by atoms with Crippen LogP contribution in [0.4, 0.5) is 0 Å². The van der Waals surface area contributed by atoms with Gasteiger partial charge < -0.3 is 14.8 Å². The van der Waals surface area contributed by atoms with E-state index in [2.05, 4.69) is 21.2 Å². The second-order valence-electron chi connectivity index (χ2n) is 5.32. The van der Waals surface area contributed by atoms with Crippen molar-refractivity contribution in [1.82, 2.24) is 5.32 Å². The van der Waals surface area contributed by atoms with Crippen molar-refractivity contribution in [2.45, 2.75) is 19.9 Å². The van der Waals surface area contributed by atoms with Gasteiger partial charge in [0.1, 0.15) is 11.3 Å². The molecule has 1 amide bonds. The third kappa shape index (κ3) is 5.32. The van der Waals surface area contributed by atoms with Gasteiger partial charge in [-0.15, -0.1) is 0 Å². The minimum Gasteiger partial charge on any atom is -0.483 e. The van der Waals surface area contributed by atoms with E-state index in [4.69, 9.17) is 9.47 Å². The molecule has 0 spiro atoms. The molecular formula is C19H20BrNO4. The van der Waals surface area contributed by atoms with Gasteiger partial charge in [0.15, 0.2) is 6.61 Å². The number of amides is 1. The summed E-state index contributed by atoms with van der Waals surface area (Å²) in [5, 5.41) is 2.87. The average Bonchev–Trinajstić information content (AvgIpc) is 2.60. The third-order valence-electron chi connectivity index (χ3n) is 3.49. The van der Waals surface area contributed by atoms with E-state index in [9.17, 15) is 9.59 Å². The van der Waals surface area contributed by atoms with E-state index in [0.717, 1.165) is 10.0 Å². The molecule has 0 saturated carbocycles. The Morgan fingerprint density at radius 3 is 2.52 bits per heavy atom. The number of para-hydroxylation sites is 1. The molecule has 0 fully saturated rings. The highest BCUT2D eigenvalue weighted by Gasteiger charge is 2.16. The van der Waals surface area contributed by atoms with Crippen LogP contribution in [-0.4, -0.2) is 25.1 Å². The first-order valence-electron chi connectivity index (χ1n) is 7.95. The van der Waals surface area contributed by atoms with Crippen LogP contribution in [-0.2, 0) is 9.53 Å². The highest BCUT2D eigenvalue weighted by Crippen LogP contribution is 2.23. The van der Waals surface area contributed by atoms with Gasteiger partial charge in [-0.2, -0.15) is 0 Å². The maximum atomic E-state index is 12.2. The SMILES string of the molecule is CCOC(=O)c1ccccc1OCC(=O)N[C@H](C)c1ccccc1Br. The zero-order chi connectivity index (χ0) is 18.2. The van der Waals surface area contributed by atoms with Crippen LogP contribution in [0, 0.1) is 0 Å². The molecule has 5 nitrogen and oxygen atoms in total. The second kappa shape index (κ2) is 9.22. The Balaban J connectivity index is 1.97. The summed E-state index contributed by atoms with van der Waals surface area (Å²) in [7, 11) is 0. The van der Waals surface area contributed by atoms with E-state index in [-0.39, 0.29) is 25.2 Å². The van der Waals surface area contributed by atoms with Crippen LogP contribution in [0.2, 0.25) is 0 Å². The van der Waals surface area contributed by atoms with E-state index < -0.39 is 5.97 Å². The zero-order valence-corrected chi connectivity index (χ0v) is 15.7. The average molecular weight is 406 g/mol. The van der Waals surface area contributed by atoms with Gasteiger partial charge in [-0.05, 0) is 37.6 Å². The lowest BCUT2D eigenvalue weighted by atomic mass is 10.1. The van der Waals surface area contributed by atoms with Crippen LogP contribution < -0.4 is 10.1 Å². The Kier molecular flexibility index (Phi) is 7.01. The summed E-state index contributed by atoms with van der Waals surface area (Å²) in [4.78, 5) is 24.1. The third-order valence-corrected chi connectivity index (χ3v) is 4.21. The molecule has 0 aliphatic carbocycles. The van der Waals surface area contributed by atoms with Crippen LogP contribution >= 0.6 is 15.9 Å². The quantitative estimate of drug-likeness (QED) is 0.709. The summed E-state index contributed by atoms with van der Waals surface area (Å²) in [6.45, 7) is 3.71. The number of carbonyl (C=O) groups is 2. The molecular weight excluding hydrogens is 386 g/mol. The molecule has 2 aromatic rings. The fraction of sp³-hybridized carbons (Fsp3) is 0.263. The molecule has 0 bridgehead atoms. The predicted molar refractivity (Wildman–Crippen MR) is 98.6 cm³/mol. The van der Waals surface area contributed by atoms with E-state index in [1.165, 1.54) is 0 Å². The number of rotatable bonds is 7. The topological polar surface area (TPSA) is 64.6 Å². The Morgan fingerprint density at radius 2 is 1.80 bits per heavy atom. The summed E-state index contributed by atoms with van der Waals surface area (Å²) in [6.07, 6.45) is 0. The van der Waals surface area contributed by atoms with Crippen molar-refractivity contribution < 1.29 is 19.1 Å². The van der Waals surface area contributed by atoms with Crippen molar-refractivity contribution in [1.29, 1.82) is 0 Å². The van der Waals surface area contributed by atoms with Crippen LogP contribution in [0.25, 0.3) is 0 Å². The minimum absolute atomic E-state index is 0.174. The van der Waals surface area contributed by atoms with Crippen molar-refractivity contribution in [3.8, 4) is 5.75 Å². The lowest BCUT2D eigenvalue weighted by molar-refractivity contribution is -0.123. The molecule has 0 aliphatic heterocycles. The van der Waals surface area contributed by atoms with Crippen LogP contribution in [0.1, 0.15) is 35.8 Å². The largest absolute Gasteiger partial charge is 0.483 e. The zero-order valence-electron chi connectivity index (χ0n) is 14.1. The first kappa shape index (κ1) is 19.0. The van der Waals surface area contributed by atoms with Gasteiger partial charge in [0, 0.05) is 4.47 Å². The first-order valence-corrected chi connectivity index (χ1v) is 8.75. The fourth-order valence-corrected chi connectivity index (χ4v) is 2.93. The second-order valence-corrected chi connectivity index (χ2v) is 6.17. The van der Waals surface area contributed by atoms with Crippen molar-refractivity contribution in [3.05, 3.63) is 64.1 Å². The molecule has 0 unspecified atom stereocenters. The lowest BCUT2D eigenvalue weighted by Gasteiger charge is -2.16. The summed E-state index contributed by atoms with van der Waals surface area (Å²) in [5.41, 5.74) is 1.28. The lowest BCUT2D eigenvalue weighted by Crippen LogP contribution is -2.31. The summed E-state index contributed by atoms with van der Waals surface area (Å²) in [5.74, 6) is -0.424. The number of hydrogen-bond donors (Lipinski definition) is 1. The smallest absolute Gasteiger partial charge is 0.341 e. The standard InChI is InChI=1S/C19H20BrNO4/c1-3-24-19(23)15-9-5-7-11-17(15)25-12-18(22)21-13(2)14-8-4-6-10-16(14)20/h4-11,13H,3,12H2,1-2H3,(H,21,22)/t13-/m1/s1. The van der Waals surface area contributed by atoms with Gasteiger partial charge >= 0.3 is 5.97 Å². The minimum atomic E-state index is -0.472. The summed E-state index contributed by atoms with van der Waals surface area (Å²) < 4.78 is 11.4. The highest BCUT2D eigenvalue weighted by atomic mass is 79.9. The van der Waals surface area contributed by atoms with Crippen LogP contribution in [0.15, 0.2) is 53.0 Å². The number of hydrogen-bond acceptors (Lipinski definition) is 4. The van der Waals surface area contributed by atoms with Crippen molar-refractivity contribution in [3.63, 3.8) is 0 Å². The van der Waals surface area contributed by atoms with Gasteiger partial charge in [0.2, 0.25) is 0 Å².